The standard InChI is InChI=1S/C30H29F3N6O3S/c1-18(2)24-13-19(3)7-12-25(24)39-26(40)16-43-29(39)36-28(41)34-15-20-5-4-6-21(14-20)27-35-17-38(37-27)22-8-10-23(11-9-22)42-30(31,32)33/h4-14,17-18,29H,15-16H2,1-3H3,(H2,34,36,41). The zero-order chi connectivity index (χ0) is 30.7. The van der Waals surface area contributed by atoms with Gasteiger partial charge in [0.15, 0.2) is 11.3 Å². The van der Waals surface area contributed by atoms with E-state index in [1.54, 1.807) is 4.90 Å². The molecule has 9 nitrogen and oxygen atoms in total. The molecule has 43 heavy (non-hydrogen) atoms. The molecule has 1 aliphatic heterocycles. The molecule has 0 saturated carbocycles. The second-order valence-corrected chi connectivity index (χ2v) is 11.3. The zero-order valence-corrected chi connectivity index (χ0v) is 24.4. The van der Waals surface area contributed by atoms with Crippen LogP contribution in [0.4, 0.5) is 23.7 Å². The van der Waals surface area contributed by atoms with Crippen molar-refractivity contribution in [2.75, 3.05) is 10.7 Å². The van der Waals surface area contributed by atoms with Crippen molar-refractivity contribution in [1.82, 2.24) is 25.4 Å². The second kappa shape index (κ2) is 12.4. The number of carbonyl (C=O) groups excluding carboxylic acids is 2. The number of halogens is 3. The van der Waals surface area contributed by atoms with Gasteiger partial charge in [-0.15, -0.1) is 30.0 Å². The highest BCUT2D eigenvalue weighted by molar-refractivity contribution is 8.01. The van der Waals surface area contributed by atoms with Crippen molar-refractivity contribution in [2.45, 2.75) is 45.1 Å². The molecule has 2 heterocycles. The van der Waals surface area contributed by atoms with Gasteiger partial charge in [0.2, 0.25) is 5.91 Å². The Balaban J connectivity index is 1.22. The molecular weight excluding hydrogens is 581 g/mol. The van der Waals surface area contributed by atoms with Gasteiger partial charge in [-0.05, 0) is 60.4 Å². The molecule has 1 saturated heterocycles. The number of alkyl halides is 3. The summed E-state index contributed by atoms with van der Waals surface area (Å²) < 4.78 is 42.6. The third-order valence-electron chi connectivity index (χ3n) is 6.65. The molecule has 3 aromatic carbocycles. The van der Waals surface area contributed by atoms with Gasteiger partial charge in [-0.25, -0.2) is 14.5 Å². The number of hydrogen-bond acceptors (Lipinski definition) is 6. The van der Waals surface area contributed by atoms with Gasteiger partial charge in [0, 0.05) is 12.1 Å². The summed E-state index contributed by atoms with van der Waals surface area (Å²) in [6, 6.07) is 18.1. The Hall–Kier alpha value is -4.52. The number of nitrogens with zero attached hydrogens (tertiary/aromatic N) is 4. The summed E-state index contributed by atoms with van der Waals surface area (Å²) in [5.74, 6) is 0.476. The van der Waals surface area contributed by atoms with Crippen molar-refractivity contribution in [3.05, 3.63) is 89.7 Å². The van der Waals surface area contributed by atoms with Crippen LogP contribution in [0.2, 0.25) is 0 Å². The Bertz CT molecular complexity index is 1620. The first-order valence-corrected chi connectivity index (χ1v) is 14.5. The lowest BCUT2D eigenvalue weighted by Gasteiger charge is -2.28. The maximum Gasteiger partial charge on any atom is 0.573 e. The van der Waals surface area contributed by atoms with Gasteiger partial charge in [-0.2, -0.15) is 0 Å². The smallest absolute Gasteiger partial charge is 0.406 e. The number of anilines is 1. The molecule has 0 aliphatic carbocycles. The number of rotatable bonds is 8. The van der Waals surface area contributed by atoms with Crippen LogP contribution >= 0.6 is 11.8 Å². The topological polar surface area (TPSA) is 101 Å². The lowest BCUT2D eigenvalue weighted by Crippen LogP contribution is -2.48. The molecule has 1 unspecified atom stereocenters. The molecule has 1 fully saturated rings. The fourth-order valence-electron chi connectivity index (χ4n) is 4.63. The minimum absolute atomic E-state index is 0.0636. The summed E-state index contributed by atoms with van der Waals surface area (Å²) >= 11 is 1.36. The normalized spacial score (nSPS) is 15.2. The largest absolute Gasteiger partial charge is 0.573 e. The number of urea groups is 1. The summed E-state index contributed by atoms with van der Waals surface area (Å²) in [6.45, 7) is 6.37. The minimum atomic E-state index is -4.77. The Morgan fingerprint density at radius 3 is 2.60 bits per heavy atom. The number of benzene rings is 3. The van der Waals surface area contributed by atoms with E-state index >= 15 is 0 Å². The second-order valence-electron chi connectivity index (χ2n) is 10.2. The summed E-state index contributed by atoms with van der Waals surface area (Å²) in [6.07, 6.45) is -3.31. The summed E-state index contributed by atoms with van der Waals surface area (Å²) in [5, 5.41) is 10.2. The number of aryl methyl sites for hydroxylation is 1. The number of carbonyl (C=O) groups is 2. The highest BCUT2D eigenvalue weighted by atomic mass is 32.2. The molecule has 1 aromatic heterocycles. The fourth-order valence-corrected chi connectivity index (χ4v) is 5.64. The summed E-state index contributed by atoms with van der Waals surface area (Å²) in [7, 11) is 0. The van der Waals surface area contributed by atoms with Gasteiger partial charge in [-0.1, -0.05) is 49.7 Å². The lowest BCUT2D eigenvalue weighted by atomic mass is 9.98. The van der Waals surface area contributed by atoms with Crippen molar-refractivity contribution in [1.29, 1.82) is 0 Å². The average molecular weight is 611 g/mol. The van der Waals surface area contributed by atoms with Crippen molar-refractivity contribution in [2.24, 2.45) is 0 Å². The SMILES string of the molecule is Cc1ccc(N2C(=O)CSC2NC(=O)NCc2cccc(-c3ncn(-c4ccc(OC(F)(F)F)cc4)n3)c2)c(C(C)C)c1. The number of amides is 3. The predicted octanol–water partition coefficient (Wildman–Crippen LogP) is 6.13. The number of thioether (sulfide) groups is 1. The van der Waals surface area contributed by atoms with Crippen LogP contribution in [0.5, 0.6) is 5.75 Å². The summed E-state index contributed by atoms with van der Waals surface area (Å²) in [5.41, 5.74) is 4.40. The number of hydrogen-bond donors (Lipinski definition) is 2. The third-order valence-corrected chi connectivity index (χ3v) is 7.71. The molecule has 1 atom stereocenters. The molecule has 3 amide bonds. The van der Waals surface area contributed by atoms with Crippen LogP contribution in [0.15, 0.2) is 73.1 Å². The van der Waals surface area contributed by atoms with Crippen molar-refractivity contribution >= 4 is 29.4 Å². The Kier molecular flexibility index (Phi) is 8.62. The quantitative estimate of drug-likeness (QED) is 0.249. The molecule has 1 aliphatic rings. The highest BCUT2D eigenvalue weighted by Crippen LogP contribution is 2.35. The van der Waals surface area contributed by atoms with E-state index in [0.29, 0.717) is 17.1 Å². The van der Waals surface area contributed by atoms with E-state index in [1.807, 2.05) is 43.3 Å². The van der Waals surface area contributed by atoms with Crippen molar-refractivity contribution < 1.29 is 27.5 Å². The molecule has 0 bridgehead atoms. The monoisotopic (exact) mass is 610 g/mol. The van der Waals surface area contributed by atoms with Crippen LogP contribution in [0.1, 0.15) is 36.5 Å². The van der Waals surface area contributed by atoms with Crippen LogP contribution in [0.3, 0.4) is 0 Å². The van der Waals surface area contributed by atoms with Gasteiger partial charge < -0.3 is 15.4 Å². The predicted molar refractivity (Wildman–Crippen MR) is 158 cm³/mol. The first-order chi connectivity index (χ1) is 20.5. The Morgan fingerprint density at radius 2 is 1.88 bits per heavy atom. The van der Waals surface area contributed by atoms with E-state index in [-0.39, 0.29) is 29.9 Å². The van der Waals surface area contributed by atoms with E-state index in [9.17, 15) is 22.8 Å². The molecule has 0 radical (unpaired) electrons. The summed E-state index contributed by atoms with van der Waals surface area (Å²) in [4.78, 5) is 31.7. The van der Waals surface area contributed by atoms with E-state index < -0.39 is 17.9 Å². The van der Waals surface area contributed by atoms with Gasteiger partial charge in [0.25, 0.3) is 0 Å². The third kappa shape index (κ3) is 7.28. The van der Waals surface area contributed by atoms with Crippen LogP contribution in [0, 0.1) is 6.92 Å². The van der Waals surface area contributed by atoms with Crippen LogP contribution in [-0.2, 0) is 11.3 Å². The van der Waals surface area contributed by atoms with Gasteiger partial charge in [0.1, 0.15) is 12.1 Å². The number of nitrogens with one attached hydrogen (secondary N) is 2. The molecule has 13 heteroatoms. The molecule has 4 aromatic rings. The first-order valence-electron chi connectivity index (χ1n) is 13.4. The lowest BCUT2D eigenvalue weighted by molar-refractivity contribution is -0.274. The molecule has 224 valence electrons. The number of ether oxygens (including phenoxy) is 1. The minimum Gasteiger partial charge on any atom is -0.406 e. The fraction of sp³-hybridized carbons (Fsp3) is 0.267. The van der Waals surface area contributed by atoms with E-state index in [2.05, 4.69) is 45.4 Å². The highest BCUT2D eigenvalue weighted by Gasteiger charge is 2.35. The van der Waals surface area contributed by atoms with Crippen LogP contribution < -0.4 is 20.3 Å². The maximum absolute atomic E-state index is 12.9. The molecular formula is C30H29F3N6O3S. The van der Waals surface area contributed by atoms with Crippen LogP contribution in [-0.4, -0.2) is 44.3 Å². The van der Waals surface area contributed by atoms with Crippen LogP contribution in [0.25, 0.3) is 17.1 Å². The van der Waals surface area contributed by atoms with E-state index in [4.69, 9.17) is 0 Å². The zero-order valence-electron chi connectivity index (χ0n) is 23.6. The number of aromatic nitrogens is 3. The Labute approximate surface area is 250 Å². The molecule has 0 spiro atoms. The van der Waals surface area contributed by atoms with Gasteiger partial charge >= 0.3 is 12.4 Å². The van der Waals surface area contributed by atoms with Gasteiger partial charge in [-0.3, -0.25) is 9.69 Å². The Morgan fingerprint density at radius 1 is 1.12 bits per heavy atom. The van der Waals surface area contributed by atoms with Gasteiger partial charge in [0.05, 0.1) is 17.1 Å². The molecule has 2 N–H and O–H groups in total. The van der Waals surface area contributed by atoms with Crippen molar-refractivity contribution in [3.8, 4) is 22.8 Å². The first kappa shape index (κ1) is 30.0. The van der Waals surface area contributed by atoms with E-state index in [1.165, 1.54) is 47.0 Å². The van der Waals surface area contributed by atoms with Crippen molar-refractivity contribution in [3.63, 3.8) is 0 Å². The maximum atomic E-state index is 12.9. The van der Waals surface area contributed by atoms with E-state index in [0.717, 1.165) is 22.4 Å². The molecule has 5 rings (SSSR count). The average Bonchev–Trinajstić information content (AvgIpc) is 3.59.